The summed E-state index contributed by atoms with van der Waals surface area (Å²) in [4.78, 5) is 11.1. The maximum absolute atomic E-state index is 12.1. The monoisotopic (exact) mass is 292 g/mol. The van der Waals surface area contributed by atoms with Crippen molar-refractivity contribution in [1.82, 2.24) is 9.03 Å². The van der Waals surface area contributed by atoms with Gasteiger partial charge in [-0.25, -0.2) is 0 Å². The number of nitrogens with zero attached hydrogens (tertiary/aromatic N) is 1. The highest BCUT2D eigenvalue weighted by molar-refractivity contribution is 7.87. The van der Waals surface area contributed by atoms with E-state index in [0.717, 1.165) is 19.3 Å². The molecular formula is C12H24N2O4S. The molecule has 1 aliphatic heterocycles. The molecule has 1 fully saturated rings. The summed E-state index contributed by atoms with van der Waals surface area (Å²) < 4.78 is 27.9. The zero-order chi connectivity index (χ0) is 14.5. The molecule has 0 radical (unpaired) electrons. The largest absolute Gasteiger partial charge is 0.480 e. The first-order chi connectivity index (χ1) is 8.86. The fraction of sp³-hybridized carbons (Fsp3) is 0.917. The quantitative estimate of drug-likeness (QED) is 0.738. The molecule has 19 heavy (non-hydrogen) atoms. The minimum atomic E-state index is -3.68. The van der Waals surface area contributed by atoms with Crippen LogP contribution < -0.4 is 4.72 Å². The molecule has 7 heteroatoms. The average Bonchev–Trinajstić information content (AvgIpc) is 2.34. The Morgan fingerprint density at radius 2 is 2.00 bits per heavy atom. The van der Waals surface area contributed by atoms with E-state index in [1.807, 2.05) is 6.92 Å². The van der Waals surface area contributed by atoms with Gasteiger partial charge in [-0.15, -0.1) is 0 Å². The Labute approximate surface area is 115 Å². The second-order valence-corrected chi connectivity index (χ2v) is 6.94. The lowest BCUT2D eigenvalue weighted by Crippen LogP contribution is -2.50. The molecule has 1 atom stereocenters. The minimum absolute atomic E-state index is 0.329. The van der Waals surface area contributed by atoms with Gasteiger partial charge < -0.3 is 5.11 Å². The lowest BCUT2D eigenvalue weighted by molar-refractivity contribution is -0.139. The van der Waals surface area contributed by atoms with Crippen molar-refractivity contribution in [2.24, 2.45) is 5.92 Å². The number of hydrogen-bond acceptors (Lipinski definition) is 3. The van der Waals surface area contributed by atoms with Crippen LogP contribution in [0.2, 0.25) is 0 Å². The van der Waals surface area contributed by atoms with Crippen LogP contribution >= 0.6 is 0 Å². The Morgan fingerprint density at radius 1 is 1.42 bits per heavy atom. The number of aliphatic carboxylic acids is 1. The first-order valence-electron chi connectivity index (χ1n) is 6.87. The summed E-state index contributed by atoms with van der Waals surface area (Å²) in [5.74, 6) is -0.579. The van der Waals surface area contributed by atoms with Crippen molar-refractivity contribution in [3.05, 3.63) is 0 Å². The molecule has 1 heterocycles. The van der Waals surface area contributed by atoms with Crippen LogP contribution in [-0.4, -0.2) is 42.9 Å². The van der Waals surface area contributed by atoms with E-state index in [-0.39, 0.29) is 0 Å². The number of rotatable bonds is 7. The van der Waals surface area contributed by atoms with Gasteiger partial charge in [0.25, 0.3) is 10.2 Å². The van der Waals surface area contributed by atoms with Crippen molar-refractivity contribution in [3.8, 4) is 0 Å². The number of carboxylic acid groups (broad SMARTS) is 1. The van der Waals surface area contributed by atoms with Gasteiger partial charge in [-0.1, -0.05) is 26.7 Å². The lowest BCUT2D eigenvalue weighted by Gasteiger charge is -2.30. The lowest BCUT2D eigenvalue weighted by atomic mass is 10.0. The van der Waals surface area contributed by atoms with E-state index in [0.29, 0.717) is 31.8 Å². The average molecular weight is 292 g/mol. The summed E-state index contributed by atoms with van der Waals surface area (Å²) >= 11 is 0. The molecule has 0 amide bonds. The van der Waals surface area contributed by atoms with Crippen LogP contribution in [0.1, 0.15) is 46.0 Å². The van der Waals surface area contributed by atoms with Gasteiger partial charge in [0.2, 0.25) is 0 Å². The fourth-order valence-electron chi connectivity index (χ4n) is 2.12. The number of hydrogen-bond donors (Lipinski definition) is 2. The molecule has 0 aromatic carbocycles. The first kappa shape index (κ1) is 16.4. The van der Waals surface area contributed by atoms with Crippen molar-refractivity contribution in [1.29, 1.82) is 0 Å². The number of carboxylic acids is 1. The number of carbonyl (C=O) groups is 1. The zero-order valence-electron chi connectivity index (χ0n) is 11.6. The van der Waals surface area contributed by atoms with E-state index >= 15 is 0 Å². The molecule has 0 saturated carbocycles. The number of piperidine rings is 1. The summed E-state index contributed by atoms with van der Waals surface area (Å²) in [5.41, 5.74) is 0. The molecule has 1 unspecified atom stereocenters. The fourth-order valence-corrected chi connectivity index (χ4v) is 3.54. The van der Waals surface area contributed by atoms with Crippen LogP contribution in [0.25, 0.3) is 0 Å². The van der Waals surface area contributed by atoms with Crippen LogP contribution in [0.3, 0.4) is 0 Å². The molecule has 0 bridgehead atoms. The van der Waals surface area contributed by atoms with Gasteiger partial charge in [-0.05, 0) is 25.2 Å². The van der Waals surface area contributed by atoms with E-state index in [2.05, 4.69) is 11.6 Å². The van der Waals surface area contributed by atoms with E-state index in [1.165, 1.54) is 4.31 Å². The second-order valence-electron chi connectivity index (χ2n) is 5.24. The van der Waals surface area contributed by atoms with Crippen LogP contribution in [0.15, 0.2) is 0 Å². The maximum atomic E-state index is 12.1. The highest BCUT2D eigenvalue weighted by Crippen LogP contribution is 2.18. The third-order valence-electron chi connectivity index (χ3n) is 3.52. The van der Waals surface area contributed by atoms with Gasteiger partial charge in [0, 0.05) is 13.1 Å². The van der Waals surface area contributed by atoms with E-state index in [1.54, 1.807) is 0 Å². The van der Waals surface area contributed by atoms with Crippen molar-refractivity contribution >= 4 is 16.2 Å². The third kappa shape index (κ3) is 5.08. The Bertz CT molecular complexity index is 389. The molecule has 1 aliphatic rings. The molecule has 6 nitrogen and oxygen atoms in total. The molecule has 0 aliphatic carbocycles. The smallest absolute Gasteiger partial charge is 0.321 e. The standard InChI is InChI=1S/C12H24N2O4S/c1-3-4-5-11(12(15)16)13-19(17,18)14-8-6-10(2)7-9-14/h10-11,13H,3-9H2,1-2H3,(H,15,16). The molecule has 1 rings (SSSR count). The Kier molecular flexibility index (Phi) is 6.22. The van der Waals surface area contributed by atoms with Crippen LogP contribution in [-0.2, 0) is 15.0 Å². The van der Waals surface area contributed by atoms with E-state index in [9.17, 15) is 13.2 Å². The highest BCUT2D eigenvalue weighted by atomic mass is 32.2. The zero-order valence-corrected chi connectivity index (χ0v) is 12.4. The van der Waals surface area contributed by atoms with Crippen LogP contribution in [0, 0.1) is 5.92 Å². The SMILES string of the molecule is CCCCC(NS(=O)(=O)N1CCC(C)CC1)C(=O)O. The molecule has 2 N–H and O–H groups in total. The molecular weight excluding hydrogens is 268 g/mol. The molecule has 0 aromatic heterocycles. The molecule has 112 valence electrons. The van der Waals surface area contributed by atoms with E-state index < -0.39 is 22.2 Å². The van der Waals surface area contributed by atoms with Crippen molar-refractivity contribution in [3.63, 3.8) is 0 Å². The van der Waals surface area contributed by atoms with Crippen molar-refractivity contribution < 1.29 is 18.3 Å². The van der Waals surface area contributed by atoms with Gasteiger partial charge in [-0.2, -0.15) is 17.4 Å². The predicted octanol–water partition coefficient (Wildman–Crippen LogP) is 1.20. The molecule has 0 aromatic rings. The maximum Gasteiger partial charge on any atom is 0.321 e. The van der Waals surface area contributed by atoms with Gasteiger partial charge in [0.1, 0.15) is 6.04 Å². The summed E-state index contributed by atoms with van der Waals surface area (Å²) in [6.45, 7) is 4.98. The topological polar surface area (TPSA) is 86.7 Å². The number of nitrogens with one attached hydrogen (secondary N) is 1. The van der Waals surface area contributed by atoms with Crippen molar-refractivity contribution in [2.45, 2.75) is 52.0 Å². The van der Waals surface area contributed by atoms with Crippen molar-refractivity contribution in [2.75, 3.05) is 13.1 Å². The Morgan fingerprint density at radius 3 is 2.47 bits per heavy atom. The van der Waals surface area contributed by atoms with Gasteiger partial charge in [-0.3, -0.25) is 4.79 Å². The summed E-state index contributed by atoms with van der Waals surface area (Å²) in [6, 6.07) is -1.02. The van der Waals surface area contributed by atoms with Crippen LogP contribution in [0.5, 0.6) is 0 Å². The van der Waals surface area contributed by atoms with Gasteiger partial charge in [0.05, 0.1) is 0 Å². The Hall–Kier alpha value is -0.660. The minimum Gasteiger partial charge on any atom is -0.480 e. The summed E-state index contributed by atoms with van der Waals surface area (Å²) in [7, 11) is -3.68. The summed E-state index contributed by atoms with van der Waals surface area (Å²) in [5, 5.41) is 9.06. The molecule has 1 saturated heterocycles. The predicted molar refractivity (Wildman–Crippen MR) is 73.0 cm³/mol. The first-order valence-corrected chi connectivity index (χ1v) is 8.31. The van der Waals surface area contributed by atoms with Gasteiger partial charge >= 0.3 is 5.97 Å². The second kappa shape index (κ2) is 7.21. The third-order valence-corrected chi connectivity index (χ3v) is 5.15. The number of unbranched alkanes of at least 4 members (excludes halogenated alkanes) is 1. The molecule has 0 spiro atoms. The van der Waals surface area contributed by atoms with Gasteiger partial charge in [0.15, 0.2) is 0 Å². The normalized spacial score (nSPS) is 20.3. The Balaban J connectivity index is 2.63. The van der Waals surface area contributed by atoms with Crippen LogP contribution in [0.4, 0.5) is 0 Å². The van der Waals surface area contributed by atoms with E-state index in [4.69, 9.17) is 5.11 Å². The highest BCUT2D eigenvalue weighted by Gasteiger charge is 2.30. The summed E-state index contributed by atoms with van der Waals surface area (Å²) in [6.07, 6.45) is 3.51.